The summed E-state index contributed by atoms with van der Waals surface area (Å²) in [6.45, 7) is 4.31. The summed E-state index contributed by atoms with van der Waals surface area (Å²) in [5.74, 6) is -0.0282. The molecule has 5 nitrogen and oxygen atoms in total. The van der Waals surface area contributed by atoms with E-state index >= 15 is 0 Å². The lowest BCUT2D eigenvalue weighted by Crippen LogP contribution is -2.35. The molecule has 1 saturated heterocycles. The molecule has 4 aromatic rings. The molecule has 0 spiro atoms. The summed E-state index contributed by atoms with van der Waals surface area (Å²) in [5.41, 5.74) is 4.00. The van der Waals surface area contributed by atoms with Crippen LogP contribution in [-0.2, 0) is 22.5 Å². The lowest BCUT2D eigenvalue weighted by atomic mass is 10.1. The van der Waals surface area contributed by atoms with Crippen LogP contribution in [0.5, 0.6) is 0 Å². The molecule has 0 saturated carbocycles. The smallest absolute Gasteiger partial charge is 0.229 e. The van der Waals surface area contributed by atoms with Crippen molar-refractivity contribution >= 4 is 34.3 Å². The van der Waals surface area contributed by atoms with Crippen molar-refractivity contribution in [1.82, 2.24) is 9.88 Å². The fourth-order valence-electron chi connectivity index (χ4n) is 3.90. The Labute approximate surface area is 201 Å². The Hall–Kier alpha value is -2.84. The van der Waals surface area contributed by atoms with Crippen molar-refractivity contribution in [3.8, 4) is 21.1 Å². The predicted molar refractivity (Wildman–Crippen MR) is 136 cm³/mol. The van der Waals surface area contributed by atoms with Crippen molar-refractivity contribution in [2.24, 2.45) is 0 Å². The largest absolute Gasteiger partial charge is 0.379 e. The molecule has 1 amide bonds. The molecule has 0 unspecified atom stereocenters. The van der Waals surface area contributed by atoms with Crippen molar-refractivity contribution < 1.29 is 9.53 Å². The molecule has 0 atom stereocenters. The van der Waals surface area contributed by atoms with Gasteiger partial charge >= 0.3 is 0 Å². The topological polar surface area (TPSA) is 54.5 Å². The van der Waals surface area contributed by atoms with Gasteiger partial charge in [0.05, 0.1) is 30.2 Å². The van der Waals surface area contributed by atoms with Crippen LogP contribution in [0.25, 0.3) is 21.1 Å². The van der Waals surface area contributed by atoms with Gasteiger partial charge in [0.15, 0.2) is 0 Å². The monoisotopic (exact) mass is 475 g/mol. The molecule has 33 heavy (non-hydrogen) atoms. The molecule has 2 aromatic carbocycles. The average molecular weight is 476 g/mol. The highest BCUT2D eigenvalue weighted by atomic mass is 32.1. The lowest BCUT2D eigenvalue weighted by Gasteiger charge is -2.26. The number of thiophene rings is 1. The van der Waals surface area contributed by atoms with E-state index in [0.29, 0.717) is 6.42 Å². The Morgan fingerprint density at radius 2 is 1.88 bits per heavy atom. The van der Waals surface area contributed by atoms with Gasteiger partial charge in [-0.05, 0) is 29.1 Å². The minimum atomic E-state index is -0.0282. The first-order valence-corrected chi connectivity index (χ1v) is 12.7. The van der Waals surface area contributed by atoms with Crippen LogP contribution < -0.4 is 5.32 Å². The average Bonchev–Trinajstić information content (AvgIpc) is 3.51. The van der Waals surface area contributed by atoms with Crippen LogP contribution in [0.15, 0.2) is 72.1 Å². The Morgan fingerprint density at radius 3 is 2.67 bits per heavy atom. The van der Waals surface area contributed by atoms with Gasteiger partial charge in [-0.1, -0.05) is 48.5 Å². The third kappa shape index (κ3) is 5.57. The van der Waals surface area contributed by atoms with E-state index in [-0.39, 0.29) is 5.91 Å². The first kappa shape index (κ1) is 22.0. The third-order valence-electron chi connectivity index (χ3n) is 5.51. The van der Waals surface area contributed by atoms with Crippen LogP contribution in [0, 0.1) is 0 Å². The highest BCUT2D eigenvalue weighted by Crippen LogP contribution is 2.36. The maximum Gasteiger partial charge on any atom is 0.229 e. The number of morpholine rings is 1. The number of nitrogens with one attached hydrogen (secondary N) is 1. The molecule has 0 bridgehead atoms. The summed E-state index contributed by atoms with van der Waals surface area (Å²) < 4.78 is 5.43. The number of carbonyl (C=O) groups excluding carboxylic acids is 1. The van der Waals surface area contributed by atoms with E-state index in [1.165, 1.54) is 5.56 Å². The first-order valence-electron chi connectivity index (χ1n) is 11.0. The number of amides is 1. The molecule has 3 heterocycles. The number of anilines is 1. The highest BCUT2D eigenvalue weighted by Gasteiger charge is 2.18. The van der Waals surface area contributed by atoms with E-state index < -0.39 is 0 Å². The minimum absolute atomic E-state index is 0.0282. The van der Waals surface area contributed by atoms with E-state index in [4.69, 9.17) is 9.72 Å². The number of rotatable bonds is 7. The molecule has 1 aliphatic rings. The molecular formula is C26H25N3O2S2. The molecular weight excluding hydrogens is 450 g/mol. The van der Waals surface area contributed by atoms with E-state index in [0.717, 1.165) is 64.6 Å². The van der Waals surface area contributed by atoms with E-state index in [1.54, 1.807) is 22.7 Å². The summed E-state index contributed by atoms with van der Waals surface area (Å²) in [7, 11) is 0. The quantitative estimate of drug-likeness (QED) is 0.381. The molecule has 0 aliphatic carbocycles. The van der Waals surface area contributed by atoms with Gasteiger partial charge in [-0.15, -0.1) is 22.7 Å². The van der Waals surface area contributed by atoms with Gasteiger partial charge in [-0.25, -0.2) is 4.98 Å². The molecule has 1 N–H and O–H groups in total. The fourth-order valence-corrected chi connectivity index (χ4v) is 5.78. The van der Waals surface area contributed by atoms with Crippen molar-refractivity contribution in [3.05, 3.63) is 82.6 Å². The zero-order valence-electron chi connectivity index (χ0n) is 18.2. The molecule has 1 fully saturated rings. The van der Waals surface area contributed by atoms with Crippen molar-refractivity contribution in [2.45, 2.75) is 13.0 Å². The Morgan fingerprint density at radius 1 is 1.03 bits per heavy atom. The van der Waals surface area contributed by atoms with E-state index in [1.807, 2.05) is 41.8 Å². The first-order chi connectivity index (χ1) is 16.2. The number of ether oxygens (including phenoxy) is 1. The molecule has 1 aliphatic heterocycles. The maximum atomic E-state index is 13.0. The lowest BCUT2D eigenvalue weighted by molar-refractivity contribution is -0.115. The number of hydrogen-bond donors (Lipinski definition) is 1. The van der Waals surface area contributed by atoms with E-state index in [2.05, 4.69) is 40.5 Å². The molecule has 0 radical (unpaired) electrons. The number of hydrogen-bond acceptors (Lipinski definition) is 6. The van der Waals surface area contributed by atoms with Gasteiger partial charge in [-0.2, -0.15) is 0 Å². The van der Waals surface area contributed by atoms with Gasteiger partial charge in [-0.3, -0.25) is 9.69 Å². The Kier molecular flexibility index (Phi) is 6.92. The number of thiazole rings is 1. The number of carbonyl (C=O) groups is 1. The Bertz CT molecular complexity index is 1200. The second kappa shape index (κ2) is 10.4. The number of nitrogens with zero attached hydrogens (tertiary/aromatic N) is 2. The minimum Gasteiger partial charge on any atom is -0.379 e. The van der Waals surface area contributed by atoms with Gasteiger partial charge in [0, 0.05) is 35.8 Å². The van der Waals surface area contributed by atoms with Gasteiger partial charge in [0.25, 0.3) is 0 Å². The highest BCUT2D eigenvalue weighted by molar-refractivity contribution is 7.17. The predicted octanol–water partition coefficient (Wildman–Crippen LogP) is 5.55. The summed E-state index contributed by atoms with van der Waals surface area (Å²) in [5, 5.41) is 6.07. The molecule has 5 rings (SSSR count). The van der Waals surface area contributed by atoms with Gasteiger partial charge < -0.3 is 10.1 Å². The summed E-state index contributed by atoms with van der Waals surface area (Å²) in [6, 6.07) is 22.3. The van der Waals surface area contributed by atoms with Gasteiger partial charge in [0.1, 0.15) is 5.01 Å². The normalized spacial score (nSPS) is 14.3. The molecule has 7 heteroatoms. The van der Waals surface area contributed by atoms with Crippen molar-refractivity contribution in [2.75, 3.05) is 31.6 Å². The third-order valence-corrected chi connectivity index (χ3v) is 7.50. The second-order valence-corrected chi connectivity index (χ2v) is 9.98. The zero-order chi connectivity index (χ0) is 22.5. The Balaban J connectivity index is 1.31. The standard InChI is InChI=1S/C26H25N3O2S2/c30-24(27-21-9-4-6-19(16-21)18-29-11-13-31-14-12-29)17-23-25(22-10-5-15-32-22)28-26(33-23)20-7-2-1-3-8-20/h1-10,15-16H,11-14,17-18H2,(H,27,30). The van der Waals surface area contributed by atoms with Crippen LogP contribution in [0.3, 0.4) is 0 Å². The van der Waals surface area contributed by atoms with Crippen LogP contribution in [0.4, 0.5) is 5.69 Å². The van der Waals surface area contributed by atoms with Crippen LogP contribution in [0.1, 0.15) is 10.4 Å². The van der Waals surface area contributed by atoms with Crippen molar-refractivity contribution in [1.29, 1.82) is 0 Å². The summed E-state index contributed by atoms with van der Waals surface area (Å²) in [6.07, 6.45) is 0.297. The molecule has 2 aromatic heterocycles. The van der Waals surface area contributed by atoms with E-state index in [9.17, 15) is 4.79 Å². The second-order valence-electron chi connectivity index (χ2n) is 7.95. The number of benzene rings is 2. The fraction of sp³-hybridized carbons (Fsp3) is 0.231. The van der Waals surface area contributed by atoms with Crippen LogP contribution in [-0.4, -0.2) is 42.1 Å². The summed E-state index contributed by atoms with van der Waals surface area (Å²) >= 11 is 3.24. The zero-order valence-corrected chi connectivity index (χ0v) is 19.8. The SMILES string of the molecule is O=C(Cc1sc(-c2ccccc2)nc1-c1cccs1)Nc1cccc(CN2CCOCC2)c1. The molecule has 168 valence electrons. The van der Waals surface area contributed by atoms with Crippen LogP contribution >= 0.6 is 22.7 Å². The van der Waals surface area contributed by atoms with Gasteiger partial charge in [0.2, 0.25) is 5.91 Å². The number of aromatic nitrogens is 1. The maximum absolute atomic E-state index is 13.0. The summed E-state index contributed by atoms with van der Waals surface area (Å²) in [4.78, 5) is 22.3. The van der Waals surface area contributed by atoms with Crippen molar-refractivity contribution in [3.63, 3.8) is 0 Å². The van der Waals surface area contributed by atoms with Crippen LogP contribution in [0.2, 0.25) is 0 Å².